The number of piperazine rings is 1. The van der Waals surface area contributed by atoms with Crippen LogP contribution in [0.15, 0.2) is 35.3 Å². The van der Waals surface area contributed by atoms with E-state index < -0.39 is 5.41 Å². The highest BCUT2D eigenvalue weighted by atomic mass is 16.5. The number of benzene rings is 1. The molecule has 1 aliphatic rings. The Morgan fingerprint density at radius 2 is 1.72 bits per heavy atom. The van der Waals surface area contributed by atoms with Crippen LogP contribution in [0.4, 0.5) is 0 Å². The molecule has 1 aliphatic heterocycles. The van der Waals surface area contributed by atoms with Gasteiger partial charge in [-0.2, -0.15) is 0 Å². The quantitative estimate of drug-likeness (QED) is 0.486. The third-order valence-electron chi connectivity index (χ3n) is 5.00. The second kappa shape index (κ2) is 11.7. The topological polar surface area (TPSA) is 69.2 Å². The van der Waals surface area contributed by atoms with Crippen molar-refractivity contribution in [3.8, 4) is 5.75 Å². The van der Waals surface area contributed by atoms with Crippen LogP contribution in [-0.2, 0) is 4.79 Å². The molecule has 0 bridgehead atoms. The summed E-state index contributed by atoms with van der Waals surface area (Å²) in [4.78, 5) is 21.7. The van der Waals surface area contributed by atoms with E-state index in [9.17, 15) is 4.79 Å². The number of rotatable bonds is 9. The lowest BCUT2D eigenvalue weighted by atomic mass is 9.92. The third kappa shape index (κ3) is 7.57. The smallest absolute Gasteiger partial charge is 0.227 e. The maximum Gasteiger partial charge on any atom is 0.227 e. The van der Waals surface area contributed by atoms with Crippen LogP contribution in [-0.4, -0.2) is 80.6 Å². The molecule has 29 heavy (non-hydrogen) atoms. The highest BCUT2D eigenvalue weighted by molar-refractivity contribution is 5.83. The molecule has 1 aromatic carbocycles. The van der Waals surface area contributed by atoms with E-state index in [0.29, 0.717) is 19.7 Å². The highest BCUT2D eigenvalue weighted by Crippen LogP contribution is 2.16. The first kappa shape index (κ1) is 23.0. The number of amides is 1. The zero-order chi connectivity index (χ0) is 21.1. The Hall–Kier alpha value is -2.28. The van der Waals surface area contributed by atoms with Gasteiger partial charge in [0.25, 0.3) is 0 Å². The maximum absolute atomic E-state index is 12.2. The SMILES string of the molecule is CCNC(=O)C(C)(C)CN=C(NCC)N1CCN(CCOc2ccccc2)CC1. The van der Waals surface area contributed by atoms with Gasteiger partial charge in [0, 0.05) is 45.8 Å². The van der Waals surface area contributed by atoms with Crippen molar-refractivity contribution in [2.45, 2.75) is 27.7 Å². The summed E-state index contributed by atoms with van der Waals surface area (Å²) in [7, 11) is 0. The van der Waals surface area contributed by atoms with Crippen molar-refractivity contribution >= 4 is 11.9 Å². The minimum absolute atomic E-state index is 0.0443. The van der Waals surface area contributed by atoms with Crippen LogP contribution in [0.3, 0.4) is 0 Å². The lowest BCUT2D eigenvalue weighted by Crippen LogP contribution is -2.53. The molecule has 0 saturated carbocycles. The minimum Gasteiger partial charge on any atom is -0.492 e. The summed E-state index contributed by atoms with van der Waals surface area (Å²) in [5, 5.41) is 6.27. The molecule has 0 spiro atoms. The summed E-state index contributed by atoms with van der Waals surface area (Å²) in [5.41, 5.74) is -0.521. The molecule has 1 fully saturated rings. The van der Waals surface area contributed by atoms with Gasteiger partial charge >= 0.3 is 0 Å². The molecule has 0 unspecified atom stereocenters. The lowest BCUT2D eigenvalue weighted by Gasteiger charge is -2.36. The standard InChI is InChI=1S/C22H37N5O2/c1-5-23-20(28)22(3,4)18-25-21(24-6-2)27-14-12-26(13-15-27)16-17-29-19-10-8-7-9-11-19/h7-11H,5-6,12-18H2,1-4H3,(H,23,28)(H,24,25). The Kier molecular flexibility index (Phi) is 9.25. The molecule has 1 heterocycles. The van der Waals surface area contributed by atoms with E-state index in [0.717, 1.165) is 51.0 Å². The van der Waals surface area contributed by atoms with Crippen molar-refractivity contribution in [3.05, 3.63) is 30.3 Å². The number of guanidine groups is 1. The molecule has 0 atom stereocenters. The van der Waals surface area contributed by atoms with Crippen LogP contribution in [0.2, 0.25) is 0 Å². The first-order chi connectivity index (χ1) is 14.0. The largest absolute Gasteiger partial charge is 0.492 e. The normalized spacial score (nSPS) is 15.9. The number of hydrogen-bond donors (Lipinski definition) is 2. The summed E-state index contributed by atoms with van der Waals surface area (Å²) < 4.78 is 5.81. The van der Waals surface area contributed by atoms with Gasteiger partial charge in [-0.25, -0.2) is 0 Å². The van der Waals surface area contributed by atoms with E-state index >= 15 is 0 Å². The Morgan fingerprint density at radius 1 is 1.07 bits per heavy atom. The fraction of sp³-hybridized carbons (Fsp3) is 0.636. The monoisotopic (exact) mass is 403 g/mol. The molecule has 7 nitrogen and oxygen atoms in total. The Morgan fingerprint density at radius 3 is 2.34 bits per heavy atom. The minimum atomic E-state index is -0.521. The van der Waals surface area contributed by atoms with Gasteiger partial charge in [-0.15, -0.1) is 0 Å². The molecule has 7 heteroatoms. The number of carbonyl (C=O) groups is 1. The molecule has 1 saturated heterocycles. The van der Waals surface area contributed by atoms with Crippen LogP contribution in [0.5, 0.6) is 5.75 Å². The number of nitrogens with one attached hydrogen (secondary N) is 2. The molecular weight excluding hydrogens is 366 g/mol. The second-order valence-electron chi connectivity index (χ2n) is 7.90. The first-order valence-corrected chi connectivity index (χ1v) is 10.7. The molecule has 2 N–H and O–H groups in total. The number of hydrogen-bond acceptors (Lipinski definition) is 4. The van der Waals surface area contributed by atoms with E-state index in [-0.39, 0.29) is 5.91 Å². The summed E-state index contributed by atoms with van der Waals surface area (Å²) in [6.07, 6.45) is 0. The maximum atomic E-state index is 12.2. The van der Waals surface area contributed by atoms with Crippen LogP contribution in [0.25, 0.3) is 0 Å². The fourth-order valence-electron chi connectivity index (χ4n) is 3.16. The molecule has 1 amide bonds. The first-order valence-electron chi connectivity index (χ1n) is 10.7. The zero-order valence-corrected chi connectivity index (χ0v) is 18.4. The van der Waals surface area contributed by atoms with Crippen LogP contribution in [0.1, 0.15) is 27.7 Å². The van der Waals surface area contributed by atoms with E-state index in [4.69, 9.17) is 9.73 Å². The zero-order valence-electron chi connectivity index (χ0n) is 18.4. The second-order valence-corrected chi connectivity index (χ2v) is 7.90. The van der Waals surface area contributed by atoms with Crippen molar-refractivity contribution in [2.24, 2.45) is 10.4 Å². The van der Waals surface area contributed by atoms with Gasteiger partial charge in [-0.05, 0) is 39.8 Å². The summed E-state index contributed by atoms with van der Waals surface area (Å²) in [6, 6.07) is 9.94. The van der Waals surface area contributed by atoms with Crippen molar-refractivity contribution < 1.29 is 9.53 Å². The van der Waals surface area contributed by atoms with Gasteiger partial charge in [0.05, 0.1) is 12.0 Å². The Labute approximate surface area is 175 Å². The fourth-order valence-corrected chi connectivity index (χ4v) is 3.16. The number of ether oxygens (including phenoxy) is 1. The predicted molar refractivity (Wildman–Crippen MR) is 118 cm³/mol. The summed E-state index contributed by atoms with van der Waals surface area (Å²) in [6.45, 7) is 15.2. The highest BCUT2D eigenvalue weighted by Gasteiger charge is 2.28. The lowest BCUT2D eigenvalue weighted by molar-refractivity contribution is -0.128. The van der Waals surface area contributed by atoms with Gasteiger partial charge < -0.3 is 20.3 Å². The van der Waals surface area contributed by atoms with Crippen molar-refractivity contribution in [1.29, 1.82) is 0 Å². The molecule has 0 radical (unpaired) electrons. The molecule has 0 aliphatic carbocycles. The van der Waals surface area contributed by atoms with Gasteiger partial charge in [0.1, 0.15) is 12.4 Å². The Balaban J connectivity index is 1.81. The Bertz CT molecular complexity index is 640. The van der Waals surface area contributed by atoms with E-state index in [1.54, 1.807) is 0 Å². The van der Waals surface area contributed by atoms with E-state index in [1.165, 1.54) is 0 Å². The van der Waals surface area contributed by atoms with Crippen molar-refractivity contribution in [3.63, 3.8) is 0 Å². The summed E-state index contributed by atoms with van der Waals surface area (Å²) >= 11 is 0. The van der Waals surface area contributed by atoms with Crippen LogP contribution < -0.4 is 15.4 Å². The molecule has 2 rings (SSSR count). The number of nitrogens with zero attached hydrogens (tertiary/aromatic N) is 3. The number of carbonyl (C=O) groups excluding carboxylic acids is 1. The number of para-hydroxylation sites is 1. The average molecular weight is 404 g/mol. The molecule has 0 aromatic heterocycles. The van der Waals surface area contributed by atoms with E-state index in [1.807, 2.05) is 51.1 Å². The average Bonchev–Trinajstić information content (AvgIpc) is 2.73. The van der Waals surface area contributed by atoms with E-state index in [2.05, 4.69) is 27.4 Å². The van der Waals surface area contributed by atoms with Gasteiger partial charge in [-0.3, -0.25) is 14.7 Å². The van der Waals surface area contributed by atoms with Gasteiger partial charge in [0.15, 0.2) is 5.96 Å². The van der Waals surface area contributed by atoms with Crippen LogP contribution in [0, 0.1) is 5.41 Å². The molecular formula is C22H37N5O2. The predicted octanol–water partition coefficient (Wildman–Crippen LogP) is 1.81. The summed E-state index contributed by atoms with van der Waals surface area (Å²) in [5.74, 6) is 1.86. The molecule has 1 aromatic rings. The van der Waals surface area contributed by atoms with Crippen molar-refractivity contribution in [1.82, 2.24) is 20.4 Å². The van der Waals surface area contributed by atoms with Gasteiger partial charge in [-0.1, -0.05) is 18.2 Å². The van der Waals surface area contributed by atoms with Crippen molar-refractivity contribution in [2.75, 3.05) is 59.0 Å². The third-order valence-corrected chi connectivity index (χ3v) is 5.00. The molecule has 162 valence electrons. The number of aliphatic imine (C=N–C) groups is 1. The van der Waals surface area contributed by atoms with Crippen LogP contribution >= 0.6 is 0 Å². The van der Waals surface area contributed by atoms with Gasteiger partial charge in [0.2, 0.25) is 5.91 Å².